The van der Waals surface area contributed by atoms with E-state index < -0.39 is 0 Å². The molecular weight excluding hydrogens is 148 g/mol. The van der Waals surface area contributed by atoms with E-state index in [1.165, 1.54) is 0 Å². The Kier molecular flexibility index (Phi) is 3.27. The predicted molar refractivity (Wildman–Crippen MR) is 50.9 cm³/mol. The Bertz CT molecular complexity index is 203. The summed E-state index contributed by atoms with van der Waals surface area (Å²) in [5.41, 5.74) is -0.176. The average Bonchev–Trinajstić information content (AvgIpc) is 2.16. The zero-order valence-corrected chi connectivity index (χ0v) is 7.62. The molecule has 12 heavy (non-hydrogen) atoms. The maximum Gasteiger partial charge on any atom is 0.130 e. The van der Waals surface area contributed by atoms with Crippen molar-refractivity contribution in [3.63, 3.8) is 0 Å². The van der Waals surface area contributed by atoms with Gasteiger partial charge in [0.15, 0.2) is 0 Å². The normalized spacial score (nSPS) is 27.4. The van der Waals surface area contributed by atoms with E-state index in [0.717, 1.165) is 32.0 Å². The summed E-state index contributed by atoms with van der Waals surface area (Å²) in [5.74, 6) is 0. The van der Waals surface area contributed by atoms with Crippen molar-refractivity contribution in [3.8, 4) is 0 Å². The summed E-state index contributed by atoms with van der Waals surface area (Å²) in [6.45, 7) is 2.15. The Morgan fingerprint density at radius 3 is 2.83 bits per heavy atom. The summed E-state index contributed by atoms with van der Waals surface area (Å²) < 4.78 is 0. The number of rotatable bonds is 4. The fourth-order valence-electron chi connectivity index (χ4n) is 1.52. The minimum Gasteiger partial charge on any atom is -0.302 e. The lowest BCUT2D eigenvalue weighted by Gasteiger charge is -2.24. The highest BCUT2D eigenvalue weighted by atomic mass is 16.1. The van der Waals surface area contributed by atoms with Crippen LogP contribution in [0.4, 0.5) is 0 Å². The van der Waals surface area contributed by atoms with E-state index in [1.807, 2.05) is 18.2 Å². The predicted octanol–water partition coefficient (Wildman–Crippen LogP) is 2.88. The van der Waals surface area contributed by atoms with Crippen LogP contribution in [0.1, 0.15) is 32.6 Å². The van der Waals surface area contributed by atoms with E-state index in [0.29, 0.717) is 0 Å². The Balaban J connectivity index is 2.57. The number of carbonyl (C=O) groups excluding carboxylic acids is 1. The van der Waals surface area contributed by atoms with Crippen molar-refractivity contribution < 1.29 is 4.79 Å². The molecule has 1 aliphatic carbocycles. The highest BCUT2D eigenvalue weighted by molar-refractivity contribution is 5.64. The van der Waals surface area contributed by atoms with Gasteiger partial charge in [-0.05, 0) is 12.8 Å². The first-order valence-electron chi connectivity index (χ1n) is 4.64. The van der Waals surface area contributed by atoms with Gasteiger partial charge in [-0.1, -0.05) is 44.1 Å². The second-order valence-corrected chi connectivity index (χ2v) is 3.45. The smallest absolute Gasteiger partial charge is 0.130 e. The first-order chi connectivity index (χ1) is 5.83. The van der Waals surface area contributed by atoms with Crippen LogP contribution >= 0.6 is 0 Å². The highest BCUT2D eigenvalue weighted by Crippen LogP contribution is 2.30. The second kappa shape index (κ2) is 4.24. The third-order valence-electron chi connectivity index (χ3n) is 2.40. The van der Waals surface area contributed by atoms with Gasteiger partial charge in [0.2, 0.25) is 0 Å². The summed E-state index contributed by atoms with van der Waals surface area (Å²) in [6, 6.07) is 0. The van der Waals surface area contributed by atoms with Crippen molar-refractivity contribution in [2.75, 3.05) is 0 Å². The van der Waals surface area contributed by atoms with Gasteiger partial charge in [0.1, 0.15) is 6.29 Å². The van der Waals surface area contributed by atoms with Crippen LogP contribution in [-0.4, -0.2) is 6.29 Å². The lowest BCUT2D eigenvalue weighted by molar-refractivity contribution is -0.114. The van der Waals surface area contributed by atoms with Gasteiger partial charge < -0.3 is 4.79 Å². The van der Waals surface area contributed by atoms with Crippen molar-refractivity contribution in [3.05, 3.63) is 24.3 Å². The van der Waals surface area contributed by atoms with E-state index in [9.17, 15) is 4.79 Å². The average molecular weight is 164 g/mol. The summed E-state index contributed by atoms with van der Waals surface area (Å²) in [6.07, 6.45) is 13.4. The number of hydrogen-bond donors (Lipinski definition) is 0. The number of unbranched alkanes of at least 4 members (excludes halogenated alkanes) is 1. The molecule has 0 aliphatic heterocycles. The fourth-order valence-corrected chi connectivity index (χ4v) is 1.52. The molecular formula is C11H16O. The third-order valence-corrected chi connectivity index (χ3v) is 2.40. The Hall–Kier alpha value is -0.850. The molecule has 0 aromatic heterocycles. The molecule has 0 spiro atoms. The molecule has 1 heteroatoms. The summed E-state index contributed by atoms with van der Waals surface area (Å²) in [4.78, 5) is 10.9. The molecule has 0 bridgehead atoms. The van der Waals surface area contributed by atoms with Crippen LogP contribution in [0.2, 0.25) is 0 Å². The summed E-state index contributed by atoms with van der Waals surface area (Å²) in [5, 5.41) is 0. The van der Waals surface area contributed by atoms with Crippen LogP contribution in [0.3, 0.4) is 0 Å². The maximum atomic E-state index is 10.9. The third kappa shape index (κ3) is 2.07. The lowest BCUT2D eigenvalue weighted by atomic mass is 9.79. The van der Waals surface area contributed by atoms with Gasteiger partial charge in [-0.25, -0.2) is 0 Å². The number of allylic oxidation sites excluding steroid dienone is 4. The van der Waals surface area contributed by atoms with E-state index in [1.54, 1.807) is 0 Å². The maximum absolute atomic E-state index is 10.9. The molecule has 0 aromatic carbocycles. The molecule has 66 valence electrons. The first kappa shape index (κ1) is 9.24. The van der Waals surface area contributed by atoms with Gasteiger partial charge in [-0.2, -0.15) is 0 Å². The molecule has 1 aliphatic rings. The van der Waals surface area contributed by atoms with Crippen LogP contribution in [0.15, 0.2) is 24.3 Å². The molecule has 1 rings (SSSR count). The summed E-state index contributed by atoms with van der Waals surface area (Å²) in [7, 11) is 0. The van der Waals surface area contributed by atoms with Crippen molar-refractivity contribution in [2.45, 2.75) is 32.6 Å². The molecule has 0 fully saturated rings. The molecule has 1 nitrogen and oxygen atoms in total. The van der Waals surface area contributed by atoms with Gasteiger partial charge in [0.25, 0.3) is 0 Å². The Morgan fingerprint density at radius 1 is 1.50 bits per heavy atom. The highest BCUT2D eigenvalue weighted by Gasteiger charge is 2.25. The van der Waals surface area contributed by atoms with Gasteiger partial charge in [-0.15, -0.1) is 0 Å². The van der Waals surface area contributed by atoms with E-state index in [2.05, 4.69) is 13.0 Å². The zero-order valence-electron chi connectivity index (χ0n) is 7.62. The Labute approximate surface area is 74.2 Å². The largest absolute Gasteiger partial charge is 0.302 e. The van der Waals surface area contributed by atoms with E-state index in [-0.39, 0.29) is 5.41 Å². The number of aldehydes is 1. The molecule has 1 unspecified atom stereocenters. The van der Waals surface area contributed by atoms with Crippen LogP contribution in [0, 0.1) is 5.41 Å². The van der Waals surface area contributed by atoms with Crippen molar-refractivity contribution >= 4 is 6.29 Å². The van der Waals surface area contributed by atoms with Crippen LogP contribution in [-0.2, 0) is 4.79 Å². The molecule has 0 heterocycles. The standard InChI is InChI=1S/C11H16O/c1-2-3-7-11(10-12)8-5-4-6-9-11/h4-6,8,10H,2-3,7,9H2,1H3. The van der Waals surface area contributed by atoms with Crippen molar-refractivity contribution in [2.24, 2.45) is 5.41 Å². The van der Waals surface area contributed by atoms with Crippen molar-refractivity contribution in [1.29, 1.82) is 0 Å². The molecule has 0 N–H and O–H groups in total. The van der Waals surface area contributed by atoms with Gasteiger partial charge >= 0.3 is 0 Å². The van der Waals surface area contributed by atoms with Crippen LogP contribution < -0.4 is 0 Å². The zero-order chi connectivity index (χ0) is 8.86. The van der Waals surface area contributed by atoms with Gasteiger partial charge in [0.05, 0.1) is 0 Å². The van der Waals surface area contributed by atoms with Crippen molar-refractivity contribution in [1.82, 2.24) is 0 Å². The molecule has 0 aromatic rings. The first-order valence-corrected chi connectivity index (χ1v) is 4.64. The topological polar surface area (TPSA) is 17.1 Å². The minimum absolute atomic E-state index is 0.176. The van der Waals surface area contributed by atoms with Gasteiger partial charge in [0, 0.05) is 5.41 Å². The molecule has 0 saturated heterocycles. The van der Waals surface area contributed by atoms with E-state index >= 15 is 0 Å². The Morgan fingerprint density at radius 2 is 2.33 bits per heavy atom. The molecule has 0 saturated carbocycles. The SMILES string of the molecule is CCCCC1(C=O)C=CC=CC1. The van der Waals surface area contributed by atoms with Crippen LogP contribution in [0.25, 0.3) is 0 Å². The summed E-state index contributed by atoms with van der Waals surface area (Å²) >= 11 is 0. The monoisotopic (exact) mass is 164 g/mol. The number of hydrogen-bond acceptors (Lipinski definition) is 1. The molecule has 1 atom stereocenters. The fraction of sp³-hybridized carbons (Fsp3) is 0.545. The van der Waals surface area contributed by atoms with Gasteiger partial charge in [-0.3, -0.25) is 0 Å². The van der Waals surface area contributed by atoms with E-state index in [4.69, 9.17) is 0 Å². The molecule has 0 amide bonds. The second-order valence-electron chi connectivity index (χ2n) is 3.45. The minimum atomic E-state index is -0.176. The quantitative estimate of drug-likeness (QED) is 0.584. The van der Waals surface area contributed by atoms with Crippen LogP contribution in [0.5, 0.6) is 0 Å². The number of carbonyl (C=O) groups is 1. The molecule has 0 radical (unpaired) electrons. The lowest BCUT2D eigenvalue weighted by Crippen LogP contribution is -2.20.